The van der Waals surface area contributed by atoms with E-state index in [9.17, 15) is 4.39 Å². The summed E-state index contributed by atoms with van der Waals surface area (Å²) in [4.78, 5) is 8.20. The fraction of sp³-hybridized carbons (Fsp3) is 0.154. The van der Waals surface area contributed by atoms with Crippen LogP contribution in [0.1, 0.15) is 18.5 Å². The number of H-pyrrole nitrogens is 1. The maximum absolute atomic E-state index is 13.2. The first-order chi connectivity index (χ1) is 9.63. The highest BCUT2D eigenvalue weighted by molar-refractivity contribution is 5.86. The van der Waals surface area contributed by atoms with Crippen molar-refractivity contribution in [2.24, 2.45) is 0 Å². The molecule has 6 nitrogen and oxygen atoms in total. The van der Waals surface area contributed by atoms with E-state index in [2.05, 4.69) is 25.5 Å². The summed E-state index contributed by atoms with van der Waals surface area (Å²) < 4.78 is 13.2. The van der Waals surface area contributed by atoms with Gasteiger partial charge in [-0.15, -0.1) is 0 Å². The molecule has 2 heterocycles. The Labute approximate surface area is 114 Å². The molecule has 2 aromatic heterocycles. The molecule has 20 heavy (non-hydrogen) atoms. The molecule has 7 heteroatoms. The lowest BCUT2D eigenvalue weighted by molar-refractivity contribution is 0.623. The van der Waals surface area contributed by atoms with E-state index in [0.29, 0.717) is 11.5 Å². The van der Waals surface area contributed by atoms with Gasteiger partial charge in [0.1, 0.15) is 11.6 Å². The highest BCUT2D eigenvalue weighted by Gasteiger charge is 2.12. The second-order valence-electron chi connectivity index (χ2n) is 4.48. The average molecular weight is 272 g/mol. The van der Waals surface area contributed by atoms with Gasteiger partial charge in [0.2, 0.25) is 5.95 Å². The van der Waals surface area contributed by atoms with Crippen molar-refractivity contribution >= 4 is 22.8 Å². The van der Waals surface area contributed by atoms with Gasteiger partial charge in [0, 0.05) is 0 Å². The molecule has 0 aliphatic carbocycles. The maximum Gasteiger partial charge on any atom is 0.224 e. The number of nitrogens with one attached hydrogen (secondary N) is 2. The summed E-state index contributed by atoms with van der Waals surface area (Å²) in [6.45, 7) is 1.92. The van der Waals surface area contributed by atoms with Crippen molar-refractivity contribution in [3.63, 3.8) is 0 Å². The predicted molar refractivity (Wildman–Crippen MR) is 74.5 cm³/mol. The summed E-state index contributed by atoms with van der Waals surface area (Å²) in [5.41, 5.74) is 7.03. The molecule has 0 amide bonds. The lowest BCUT2D eigenvalue weighted by Crippen LogP contribution is -2.10. The number of rotatable bonds is 3. The summed E-state index contributed by atoms with van der Waals surface area (Å²) >= 11 is 0. The van der Waals surface area contributed by atoms with Crippen molar-refractivity contribution in [3.8, 4) is 0 Å². The standard InChI is InChI=1S/C13H13FN6/c1-7(8-3-2-4-9(14)5-8)17-11-10-6-16-20-12(10)19-13(15)18-11/h2-7H,1H3,(H4,15,16,17,18,19,20). The highest BCUT2D eigenvalue weighted by Crippen LogP contribution is 2.24. The summed E-state index contributed by atoms with van der Waals surface area (Å²) in [7, 11) is 0. The van der Waals surface area contributed by atoms with E-state index >= 15 is 0 Å². The molecule has 1 atom stereocenters. The van der Waals surface area contributed by atoms with Crippen LogP contribution in [-0.4, -0.2) is 20.2 Å². The number of fused-ring (bicyclic) bond motifs is 1. The Morgan fingerprint density at radius 1 is 1.35 bits per heavy atom. The zero-order valence-corrected chi connectivity index (χ0v) is 10.8. The first kappa shape index (κ1) is 12.3. The van der Waals surface area contributed by atoms with Crippen molar-refractivity contribution in [3.05, 3.63) is 41.8 Å². The van der Waals surface area contributed by atoms with Crippen molar-refractivity contribution in [2.75, 3.05) is 11.1 Å². The van der Waals surface area contributed by atoms with Gasteiger partial charge in [0.05, 0.1) is 17.6 Å². The van der Waals surface area contributed by atoms with Crippen LogP contribution in [0.2, 0.25) is 0 Å². The molecular weight excluding hydrogens is 259 g/mol. The van der Waals surface area contributed by atoms with Crippen LogP contribution in [0.4, 0.5) is 16.2 Å². The lowest BCUT2D eigenvalue weighted by Gasteiger charge is -2.15. The number of halogens is 1. The van der Waals surface area contributed by atoms with E-state index in [0.717, 1.165) is 10.9 Å². The van der Waals surface area contributed by atoms with Crippen LogP contribution < -0.4 is 11.1 Å². The number of aromatic amines is 1. The van der Waals surface area contributed by atoms with Gasteiger partial charge in [-0.25, -0.2) is 4.39 Å². The van der Waals surface area contributed by atoms with Crippen molar-refractivity contribution in [1.82, 2.24) is 20.2 Å². The van der Waals surface area contributed by atoms with E-state index in [1.54, 1.807) is 12.3 Å². The molecule has 4 N–H and O–H groups in total. The first-order valence-electron chi connectivity index (χ1n) is 6.12. The molecule has 0 aliphatic heterocycles. The molecule has 3 aromatic rings. The number of benzene rings is 1. The van der Waals surface area contributed by atoms with Crippen LogP contribution >= 0.6 is 0 Å². The van der Waals surface area contributed by atoms with Gasteiger partial charge in [-0.1, -0.05) is 12.1 Å². The fourth-order valence-corrected chi connectivity index (χ4v) is 2.03. The molecule has 3 rings (SSSR count). The Kier molecular flexibility index (Phi) is 2.94. The number of nitrogen functional groups attached to an aromatic ring is 1. The van der Waals surface area contributed by atoms with Crippen molar-refractivity contribution in [1.29, 1.82) is 0 Å². The summed E-state index contributed by atoms with van der Waals surface area (Å²) in [5.74, 6) is 0.445. The number of nitrogens with two attached hydrogens (primary N) is 1. The molecule has 0 saturated carbocycles. The first-order valence-corrected chi connectivity index (χ1v) is 6.12. The van der Waals surface area contributed by atoms with Crippen molar-refractivity contribution < 1.29 is 4.39 Å². The average Bonchev–Trinajstić information content (AvgIpc) is 2.86. The van der Waals surface area contributed by atoms with Crippen LogP contribution in [0.15, 0.2) is 30.5 Å². The second-order valence-corrected chi connectivity index (χ2v) is 4.48. The fourth-order valence-electron chi connectivity index (χ4n) is 2.03. The predicted octanol–water partition coefficient (Wildman–Crippen LogP) is 2.25. The Bertz CT molecular complexity index is 753. The molecule has 0 aliphatic rings. The monoisotopic (exact) mass is 272 g/mol. The molecule has 0 spiro atoms. The number of nitrogens with zero attached hydrogens (tertiary/aromatic N) is 3. The maximum atomic E-state index is 13.2. The van der Waals surface area contributed by atoms with Crippen LogP contribution in [0, 0.1) is 5.82 Å². The van der Waals surface area contributed by atoms with Crippen molar-refractivity contribution in [2.45, 2.75) is 13.0 Å². The molecular formula is C13H13FN6. The van der Waals surface area contributed by atoms with E-state index < -0.39 is 0 Å². The Balaban J connectivity index is 1.94. The highest BCUT2D eigenvalue weighted by atomic mass is 19.1. The number of aromatic nitrogens is 4. The molecule has 1 unspecified atom stereocenters. The van der Waals surface area contributed by atoms with Gasteiger partial charge < -0.3 is 11.1 Å². The molecule has 0 saturated heterocycles. The number of hydrogen-bond donors (Lipinski definition) is 3. The SMILES string of the molecule is CC(Nc1nc(N)nc2[nH]ncc12)c1cccc(F)c1. The molecule has 0 radical (unpaired) electrons. The number of anilines is 2. The quantitative estimate of drug-likeness (QED) is 0.680. The van der Waals surface area contributed by atoms with Crippen LogP contribution in [0.3, 0.4) is 0 Å². The van der Waals surface area contributed by atoms with Gasteiger partial charge in [-0.2, -0.15) is 15.1 Å². The van der Waals surface area contributed by atoms with Crippen LogP contribution in [-0.2, 0) is 0 Å². The van der Waals surface area contributed by atoms with Crippen LogP contribution in [0.5, 0.6) is 0 Å². The third kappa shape index (κ3) is 2.25. The Hall–Kier alpha value is -2.70. The van der Waals surface area contributed by atoms with Gasteiger partial charge >= 0.3 is 0 Å². The van der Waals surface area contributed by atoms with Gasteiger partial charge in [-0.3, -0.25) is 5.10 Å². The number of hydrogen-bond acceptors (Lipinski definition) is 5. The van der Waals surface area contributed by atoms with Crippen LogP contribution in [0.25, 0.3) is 11.0 Å². The van der Waals surface area contributed by atoms with Gasteiger partial charge in [0.25, 0.3) is 0 Å². The molecule has 0 fully saturated rings. The second kappa shape index (κ2) is 4.76. The summed E-state index contributed by atoms with van der Waals surface area (Å²) in [6.07, 6.45) is 1.62. The molecule has 1 aromatic carbocycles. The zero-order chi connectivity index (χ0) is 14.1. The third-order valence-corrected chi connectivity index (χ3v) is 3.03. The Morgan fingerprint density at radius 2 is 2.20 bits per heavy atom. The summed E-state index contributed by atoms with van der Waals surface area (Å²) in [5, 5.41) is 10.6. The smallest absolute Gasteiger partial charge is 0.224 e. The van der Waals surface area contributed by atoms with E-state index in [4.69, 9.17) is 5.73 Å². The third-order valence-electron chi connectivity index (χ3n) is 3.03. The van der Waals surface area contributed by atoms with Gasteiger partial charge in [0.15, 0.2) is 5.65 Å². The molecule has 0 bridgehead atoms. The largest absolute Gasteiger partial charge is 0.368 e. The topological polar surface area (TPSA) is 92.5 Å². The lowest BCUT2D eigenvalue weighted by atomic mass is 10.1. The van der Waals surface area contributed by atoms with E-state index in [-0.39, 0.29) is 17.8 Å². The summed E-state index contributed by atoms with van der Waals surface area (Å²) in [6, 6.07) is 6.28. The van der Waals surface area contributed by atoms with E-state index in [1.807, 2.05) is 13.0 Å². The Morgan fingerprint density at radius 3 is 3.00 bits per heavy atom. The molecule has 102 valence electrons. The minimum atomic E-state index is -0.271. The van der Waals surface area contributed by atoms with Gasteiger partial charge in [-0.05, 0) is 24.6 Å². The van der Waals surface area contributed by atoms with E-state index in [1.165, 1.54) is 12.1 Å². The zero-order valence-electron chi connectivity index (χ0n) is 10.8. The minimum Gasteiger partial charge on any atom is -0.368 e. The normalized spacial score (nSPS) is 12.5. The minimum absolute atomic E-state index is 0.127.